The average molecular weight is 483 g/mol. The van der Waals surface area contributed by atoms with Gasteiger partial charge in [-0.15, -0.1) is 0 Å². The summed E-state index contributed by atoms with van der Waals surface area (Å²) in [6.45, 7) is 1.78. The minimum Gasteiger partial charge on any atom is -0.495 e. The van der Waals surface area contributed by atoms with Gasteiger partial charge in [0.15, 0.2) is 6.10 Å². The van der Waals surface area contributed by atoms with E-state index in [2.05, 4.69) is 5.32 Å². The van der Waals surface area contributed by atoms with Crippen LogP contribution in [0.1, 0.15) is 22.8 Å². The molecule has 0 radical (unpaired) electrons. The third kappa shape index (κ3) is 5.74. The summed E-state index contributed by atoms with van der Waals surface area (Å²) in [6.07, 6.45) is -1.02. The molecule has 0 aliphatic heterocycles. The van der Waals surface area contributed by atoms with Gasteiger partial charge in [-0.25, -0.2) is 13.2 Å². The van der Waals surface area contributed by atoms with Gasteiger partial charge in [0.1, 0.15) is 5.75 Å². The highest BCUT2D eigenvalue weighted by Crippen LogP contribution is 2.30. The van der Waals surface area contributed by atoms with Gasteiger partial charge < -0.3 is 14.8 Å². The van der Waals surface area contributed by atoms with E-state index in [9.17, 15) is 18.0 Å². The number of rotatable bonds is 9. The first-order valence-corrected chi connectivity index (χ1v) is 11.9. The van der Waals surface area contributed by atoms with E-state index in [1.807, 2.05) is 30.3 Å². The fourth-order valence-electron chi connectivity index (χ4n) is 3.15. The first-order chi connectivity index (χ1) is 16.2. The summed E-state index contributed by atoms with van der Waals surface area (Å²) in [6, 6.07) is 21.4. The quantitative estimate of drug-likeness (QED) is 0.469. The minimum atomic E-state index is -3.90. The summed E-state index contributed by atoms with van der Waals surface area (Å²) in [5.41, 5.74) is 1.43. The number of nitrogens with one attached hydrogen (secondary N) is 1. The smallest absolute Gasteiger partial charge is 0.338 e. The third-order valence-corrected chi connectivity index (χ3v) is 6.92. The Balaban J connectivity index is 1.65. The van der Waals surface area contributed by atoms with Crippen molar-refractivity contribution in [3.05, 3.63) is 90.0 Å². The molecule has 0 saturated heterocycles. The molecular weight excluding hydrogens is 456 g/mol. The van der Waals surface area contributed by atoms with E-state index in [1.54, 1.807) is 24.3 Å². The van der Waals surface area contributed by atoms with Crippen molar-refractivity contribution in [2.45, 2.75) is 24.5 Å². The highest BCUT2D eigenvalue weighted by molar-refractivity contribution is 7.92. The fraction of sp³-hybridized carbons (Fsp3) is 0.200. The van der Waals surface area contributed by atoms with Crippen LogP contribution in [0.2, 0.25) is 0 Å². The van der Waals surface area contributed by atoms with Crippen molar-refractivity contribution < 1.29 is 27.5 Å². The molecule has 34 heavy (non-hydrogen) atoms. The van der Waals surface area contributed by atoms with E-state index in [-0.39, 0.29) is 10.5 Å². The van der Waals surface area contributed by atoms with Crippen LogP contribution >= 0.6 is 0 Å². The Labute approximate surface area is 199 Å². The molecule has 178 valence electrons. The number of hydrogen-bond acceptors (Lipinski definition) is 6. The fourth-order valence-corrected chi connectivity index (χ4v) is 4.36. The average Bonchev–Trinajstić information content (AvgIpc) is 2.87. The van der Waals surface area contributed by atoms with Crippen LogP contribution in [-0.2, 0) is 26.1 Å². The van der Waals surface area contributed by atoms with Crippen molar-refractivity contribution in [1.82, 2.24) is 5.32 Å². The molecule has 3 aromatic rings. The molecule has 0 aromatic heterocycles. The van der Waals surface area contributed by atoms with Gasteiger partial charge in [-0.2, -0.15) is 0 Å². The van der Waals surface area contributed by atoms with E-state index in [0.717, 1.165) is 9.87 Å². The number of nitrogens with zero attached hydrogens (tertiary/aromatic N) is 1. The zero-order valence-electron chi connectivity index (χ0n) is 19.1. The van der Waals surface area contributed by atoms with Gasteiger partial charge in [-0.3, -0.25) is 9.10 Å². The molecule has 0 spiro atoms. The number of carbonyl (C=O) groups is 2. The number of ether oxygens (including phenoxy) is 2. The van der Waals surface area contributed by atoms with E-state index in [1.165, 1.54) is 45.3 Å². The van der Waals surface area contributed by atoms with Crippen LogP contribution in [-0.4, -0.2) is 40.6 Å². The van der Waals surface area contributed by atoms with E-state index in [4.69, 9.17) is 9.47 Å². The molecule has 0 bridgehead atoms. The molecule has 8 nitrogen and oxygen atoms in total. The standard InChI is InChI=1S/C25H26N2O6S/c1-18(24(28)26-17-19-9-5-4-6-10-19)33-25(29)20-13-15-21(16-14-20)34(30,31)27(2)22-11-7-8-12-23(22)32-3/h4-16,18H,17H2,1-3H3,(H,26,28). The highest BCUT2D eigenvalue weighted by atomic mass is 32.2. The topological polar surface area (TPSA) is 102 Å². The molecule has 0 saturated carbocycles. The highest BCUT2D eigenvalue weighted by Gasteiger charge is 2.25. The maximum absolute atomic E-state index is 13.0. The summed E-state index contributed by atoms with van der Waals surface area (Å²) < 4.78 is 37.7. The molecule has 0 aliphatic carbocycles. The predicted molar refractivity (Wildman–Crippen MR) is 128 cm³/mol. The third-order valence-electron chi connectivity index (χ3n) is 5.14. The molecule has 0 fully saturated rings. The summed E-state index contributed by atoms with van der Waals surface area (Å²) >= 11 is 0. The normalized spacial score (nSPS) is 11.9. The summed E-state index contributed by atoms with van der Waals surface area (Å²) in [7, 11) is -1.02. The molecule has 1 N–H and O–H groups in total. The van der Waals surface area contributed by atoms with Crippen molar-refractivity contribution in [3.63, 3.8) is 0 Å². The van der Waals surface area contributed by atoms with Crippen molar-refractivity contribution in [3.8, 4) is 5.75 Å². The number of esters is 1. The van der Waals surface area contributed by atoms with E-state index < -0.39 is 28.0 Å². The van der Waals surface area contributed by atoms with Gasteiger partial charge in [0.25, 0.3) is 15.9 Å². The van der Waals surface area contributed by atoms with Crippen molar-refractivity contribution >= 4 is 27.6 Å². The van der Waals surface area contributed by atoms with Crippen LogP contribution in [0.5, 0.6) is 5.75 Å². The second kappa shape index (κ2) is 10.8. The second-order valence-electron chi connectivity index (χ2n) is 7.42. The largest absolute Gasteiger partial charge is 0.495 e. The van der Waals surface area contributed by atoms with E-state index >= 15 is 0 Å². The first kappa shape index (κ1) is 24.8. The van der Waals surface area contributed by atoms with Crippen LogP contribution in [0.4, 0.5) is 5.69 Å². The zero-order chi connectivity index (χ0) is 24.7. The van der Waals surface area contributed by atoms with Crippen molar-refractivity contribution in [2.75, 3.05) is 18.5 Å². The van der Waals surface area contributed by atoms with Gasteiger partial charge in [0.05, 0.1) is 23.3 Å². The Kier molecular flexibility index (Phi) is 7.91. The molecule has 1 unspecified atom stereocenters. The Hall–Kier alpha value is -3.85. The van der Waals surface area contributed by atoms with Gasteiger partial charge in [0.2, 0.25) is 0 Å². The number of amides is 1. The summed E-state index contributed by atoms with van der Waals surface area (Å²) in [5.74, 6) is -0.757. The van der Waals surface area contributed by atoms with Gasteiger partial charge in [-0.05, 0) is 48.9 Å². The SMILES string of the molecule is COc1ccccc1N(C)S(=O)(=O)c1ccc(C(=O)OC(C)C(=O)NCc2ccccc2)cc1. The first-order valence-electron chi connectivity index (χ1n) is 10.5. The molecule has 0 heterocycles. The molecule has 3 aromatic carbocycles. The molecule has 1 amide bonds. The maximum Gasteiger partial charge on any atom is 0.338 e. The maximum atomic E-state index is 13.0. The lowest BCUT2D eigenvalue weighted by atomic mass is 10.2. The molecule has 3 rings (SSSR count). The lowest BCUT2D eigenvalue weighted by molar-refractivity contribution is -0.129. The Morgan fingerprint density at radius 2 is 1.56 bits per heavy atom. The lowest BCUT2D eigenvalue weighted by Gasteiger charge is -2.21. The Bertz CT molecular complexity index is 1240. The number of methoxy groups -OCH3 is 1. The van der Waals surface area contributed by atoms with Crippen LogP contribution in [0.25, 0.3) is 0 Å². The molecule has 9 heteroatoms. The number of anilines is 1. The van der Waals surface area contributed by atoms with Crippen LogP contribution < -0.4 is 14.4 Å². The summed E-state index contributed by atoms with van der Waals surface area (Å²) in [4.78, 5) is 24.7. The minimum absolute atomic E-state index is 0.00823. The van der Waals surface area contributed by atoms with Crippen LogP contribution in [0.3, 0.4) is 0 Å². The lowest BCUT2D eigenvalue weighted by Crippen LogP contribution is -2.35. The number of para-hydroxylation sites is 2. The van der Waals surface area contributed by atoms with Gasteiger partial charge in [0, 0.05) is 13.6 Å². The van der Waals surface area contributed by atoms with Gasteiger partial charge >= 0.3 is 5.97 Å². The monoisotopic (exact) mass is 482 g/mol. The summed E-state index contributed by atoms with van der Waals surface area (Å²) in [5, 5.41) is 2.71. The van der Waals surface area contributed by atoms with Crippen molar-refractivity contribution in [1.29, 1.82) is 0 Å². The molecule has 0 aliphatic rings. The Morgan fingerprint density at radius 1 is 0.941 bits per heavy atom. The second-order valence-corrected chi connectivity index (χ2v) is 9.39. The predicted octanol–water partition coefficient (Wildman–Crippen LogP) is 3.38. The molecular formula is C25H26N2O6S. The van der Waals surface area contributed by atoms with Gasteiger partial charge in [-0.1, -0.05) is 42.5 Å². The van der Waals surface area contributed by atoms with Crippen LogP contribution in [0.15, 0.2) is 83.8 Å². The van der Waals surface area contributed by atoms with Crippen molar-refractivity contribution in [2.24, 2.45) is 0 Å². The Morgan fingerprint density at radius 3 is 2.21 bits per heavy atom. The number of carbonyl (C=O) groups excluding carboxylic acids is 2. The number of hydrogen-bond donors (Lipinski definition) is 1. The molecule has 1 atom stereocenters. The number of benzene rings is 3. The van der Waals surface area contributed by atoms with Crippen LogP contribution in [0, 0.1) is 0 Å². The number of sulfonamides is 1. The zero-order valence-corrected chi connectivity index (χ0v) is 19.9. The van der Waals surface area contributed by atoms with E-state index in [0.29, 0.717) is 18.0 Å².